The van der Waals surface area contributed by atoms with Gasteiger partial charge in [-0.05, 0) is 59.6 Å². The van der Waals surface area contributed by atoms with Crippen LogP contribution in [0, 0.1) is 5.92 Å². The average Bonchev–Trinajstić information content (AvgIpc) is 3.03. The van der Waals surface area contributed by atoms with Crippen molar-refractivity contribution in [2.45, 2.75) is 50.8 Å². The monoisotopic (exact) mass is 329 g/mol. The summed E-state index contributed by atoms with van der Waals surface area (Å²) in [6, 6.07) is 2.74. The number of rotatable bonds is 3. The van der Waals surface area contributed by atoms with E-state index in [2.05, 4.69) is 32.3 Å². The van der Waals surface area contributed by atoms with Gasteiger partial charge in [0.1, 0.15) is 0 Å². The molecule has 3 unspecified atom stereocenters. The molecule has 1 aromatic rings. The molecule has 1 aromatic heterocycles. The minimum absolute atomic E-state index is 0.0534. The summed E-state index contributed by atoms with van der Waals surface area (Å²) in [4.78, 5) is 4.02. The molecule has 18 heavy (non-hydrogen) atoms. The SMILES string of the molecule is OC1CCCC1C1CCCN1Cc1sccc1Br. The number of nitrogens with zero attached hydrogens (tertiary/aromatic N) is 1. The average molecular weight is 330 g/mol. The van der Waals surface area contributed by atoms with Crippen LogP contribution >= 0.6 is 27.3 Å². The second kappa shape index (κ2) is 5.61. The maximum atomic E-state index is 10.1. The van der Waals surface area contributed by atoms with Gasteiger partial charge in [-0.15, -0.1) is 11.3 Å². The lowest BCUT2D eigenvalue weighted by molar-refractivity contribution is 0.0722. The third-order valence-electron chi connectivity index (χ3n) is 4.48. The van der Waals surface area contributed by atoms with Crippen LogP contribution in [-0.2, 0) is 6.54 Å². The highest BCUT2D eigenvalue weighted by Crippen LogP contribution is 2.37. The summed E-state index contributed by atoms with van der Waals surface area (Å²) in [5.41, 5.74) is 0. The summed E-state index contributed by atoms with van der Waals surface area (Å²) < 4.78 is 1.24. The van der Waals surface area contributed by atoms with E-state index in [-0.39, 0.29) is 6.10 Å². The number of aliphatic hydroxyl groups excluding tert-OH is 1. The fourth-order valence-corrected chi connectivity index (χ4v) is 5.08. The Bertz CT molecular complexity index is 408. The predicted octanol–water partition coefficient (Wildman–Crippen LogP) is 3.64. The summed E-state index contributed by atoms with van der Waals surface area (Å²) in [6.07, 6.45) is 5.94. The fraction of sp³-hybridized carbons (Fsp3) is 0.714. The van der Waals surface area contributed by atoms with Crippen molar-refractivity contribution in [2.24, 2.45) is 5.92 Å². The molecule has 1 aliphatic heterocycles. The molecule has 0 spiro atoms. The molecule has 3 atom stereocenters. The normalized spacial score (nSPS) is 33.3. The van der Waals surface area contributed by atoms with Gasteiger partial charge in [0.2, 0.25) is 0 Å². The highest BCUT2D eigenvalue weighted by molar-refractivity contribution is 9.10. The predicted molar refractivity (Wildman–Crippen MR) is 78.8 cm³/mol. The number of aliphatic hydroxyl groups is 1. The molecule has 1 saturated carbocycles. The van der Waals surface area contributed by atoms with Crippen molar-refractivity contribution in [3.63, 3.8) is 0 Å². The van der Waals surface area contributed by atoms with Crippen LogP contribution < -0.4 is 0 Å². The van der Waals surface area contributed by atoms with Crippen molar-refractivity contribution in [1.29, 1.82) is 0 Å². The number of likely N-dealkylation sites (tertiary alicyclic amines) is 1. The zero-order chi connectivity index (χ0) is 12.5. The largest absolute Gasteiger partial charge is 0.393 e. The summed E-state index contributed by atoms with van der Waals surface area (Å²) >= 11 is 5.45. The van der Waals surface area contributed by atoms with Crippen LogP contribution in [-0.4, -0.2) is 28.7 Å². The summed E-state index contributed by atoms with van der Waals surface area (Å²) in [5, 5.41) is 12.3. The number of hydrogen-bond acceptors (Lipinski definition) is 3. The van der Waals surface area contributed by atoms with Gasteiger partial charge in [0.15, 0.2) is 0 Å². The molecule has 2 aliphatic rings. The van der Waals surface area contributed by atoms with Crippen molar-refractivity contribution in [2.75, 3.05) is 6.54 Å². The Morgan fingerprint density at radius 2 is 2.22 bits per heavy atom. The van der Waals surface area contributed by atoms with Crippen LogP contribution in [0.2, 0.25) is 0 Å². The Kier molecular flexibility index (Phi) is 4.09. The van der Waals surface area contributed by atoms with Crippen LogP contribution in [0.3, 0.4) is 0 Å². The first-order valence-electron chi connectivity index (χ1n) is 6.89. The van der Waals surface area contributed by atoms with Gasteiger partial charge in [-0.2, -0.15) is 0 Å². The second-order valence-electron chi connectivity index (χ2n) is 5.53. The summed E-state index contributed by atoms with van der Waals surface area (Å²) in [5.74, 6) is 0.520. The molecule has 4 heteroatoms. The molecular formula is C14H20BrNOS. The van der Waals surface area contributed by atoms with Gasteiger partial charge in [-0.3, -0.25) is 4.90 Å². The molecule has 3 rings (SSSR count). The highest BCUT2D eigenvalue weighted by atomic mass is 79.9. The first-order valence-corrected chi connectivity index (χ1v) is 8.57. The zero-order valence-electron chi connectivity index (χ0n) is 10.5. The van der Waals surface area contributed by atoms with E-state index in [1.54, 1.807) is 0 Å². The zero-order valence-corrected chi connectivity index (χ0v) is 12.9. The molecule has 0 amide bonds. The molecule has 0 bridgehead atoms. The first kappa shape index (κ1) is 13.1. The molecule has 0 aromatic carbocycles. The van der Waals surface area contributed by atoms with Gasteiger partial charge >= 0.3 is 0 Å². The van der Waals surface area contributed by atoms with Crippen molar-refractivity contribution in [3.05, 3.63) is 20.8 Å². The first-order chi connectivity index (χ1) is 8.75. The van der Waals surface area contributed by atoms with E-state index in [1.807, 2.05) is 11.3 Å². The molecule has 1 N–H and O–H groups in total. The molecule has 1 saturated heterocycles. The van der Waals surface area contributed by atoms with Crippen molar-refractivity contribution in [1.82, 2.24) is 4.90 Å². The van der Waals surface area contributed by atoms with Gasteiger partial charge in [0, 0.05) is 27.9 Å². The van der Waals surface area contributed by atoms with Gasteiger partial charge in [-0.1, -0.05) is 6.42 Å². The number of halogens is 1. The van der Waals surface area contributed by atoms with Gasteiger partial charge < -0.3 is 5.11 Å². The highest BCUT2D eigenvalue weighted by Gasteiger charge is 2.38. The minimum Gasteiger partial charge on any atom is -0.393 e. The van der Waals surface area contributed by atoms with E-state index in [9.17, 15) is 5.11 Å². The van der Waals surface area contributed by atoms with E-state index < -0.39 is 0 Å². The van der Waals surface area contributed by atoms with E-state index in [4.69, 9.17) is 0 Å². The fourth-order valence-electron chi connectivity index (χ4n) is 3.57. The molecule has 1 aliphatic carbocycles. The Hall–Kier alpha value is 0.100. The summed E-state index contributed by atoms with van der Waals surface area (Å²) in [7, 11) is 0. The molecule has 2 nitrogen and oxygen atoms in total. The Labute approximate surface area is 121 Å². The van der Waals surface area contributed by atoms with Crippen LogP contribution in [0.5, 0.6) is 0 Å². The lowest BCUT2D eigenvalue weighted by atomic mass is 9.94. The third kappa shape index (κ3) is 2.53. The smallest absolute Gasteiger partial charge is 0.0583 e. The van der Waals surface area contributed by atoms with E-state index in [0.717, 1.165) is 13.0 Å². The maximum absolute atomic E-state index is 10.1. The van der Waals surface area contributed by atoms with Crippen molar-refractivity contribution < 1.29 is 5.11 Å². The summed E-state index contributed by atoms with van der Waals surface area (Å²) in [6.45, 7) is 2.24. The molecule has 2 fully saturated rings. The van der Waals surface area contributed by atoms with Crippen LogP contribution in [0.1, 0.15) is 37.0 Å². The standard InChI is InChI=1S/C14H20BrNOS/c15-11-6-8-18-14(11)9-16-7-2-4-12(16)10-3-1-5-13(10)17/h6,8,10,12-13,17H,1-5,7,9H2. The van der Waals surface area contributed by atoms with Gasteiger partial charge in [-0.25, -0.2) is 0 Å². The third-order valence-corrected chi connectivity index (χ3v) is 6.39. The van der Waals surface area contributed by atoms with E-state index in [0.29, 0.717) is 12.0 Å². The van der Waals surface area contributed by atoms with Gasteiger partial charge in [0.25, 0.3) is 0 Å². The Balaban J connectivity index is 1.69. The van der Waals surface area contributed by atoms with E-state index in [1.165, 1.54) is 41.6 Å². The van der Waals surface area contributed by atoms with Crippen molar-refractivity contribution in [3.8, 4) is 0 Å². The Morgan fingerprint density at radius 1 is 1.33 bits per heavy atom. The number of thiophene rings is 1. The maximum Gasteiger partial charge on any atom is 0.0583 e. The molecule has 100 valence electrons. The van der Waals surface area contributed by atoms with Crippen LogP contribution in [0.4, 0.5) is 0 Å². The number of hydrogen-bond donors (Lipinski definition) is 1. The van der Waals surface area contributed by atoms with E-state index >= 15 is 0 Å². The molecule has 0 radical (unpaired) electrons. The second-order valence-corrected chi connectivity index (χ2v) is 7.39. The van der Waals surface area contributed by atoms with Crippen LogP contribution in [0.15, 0.2) is 15.9 Å². The lowest BCUT2D eigenvalue weighted by Gasteiger charge is -2.31. The molecular weight excluding hydrogens is 310 g/mol. The van der Waals surface area contributed by atoms with Gasteiger partial charge in [0.05, 0.1) is 6.10 Å². The molecule has 2 heterocycles. The Morgan fingerprint density at radius 3 is 2.89 bits per heavy atom. The minimum atomic E-state index is -0.0534. The van der Waals surface area contributed by atoms with Crippen molar-refractivity contribution >= 4 is 27.3 Å². The quantitative estimate of drug-likeness (QED) is 0.915. The van der Waals surface area contributed by atoms with Crippen LogP contribution in [0.25, 0.3) is 0 Å². The topological polar surface area (TPSA) is 23.5 Å². The lowest BCUT2D eigenvalue weighted by Crippen LogP contribution is -2.38.